The summed E-state index contributed by atoms with van der Waals surface area (Å²) in [4.78, 5) is 12.1. The number of rotatable bonds is 2. The van der Waals surface area contributed by atoms with E-state index in [1.165, 1.54) is 6.08 Å². The van der Waals surface area contributed by atoms with Crippen molar-refractivity contribution in [1.82, 2.24) is 0 Å². The molecule has 0 aliphatic carbocycles. The Kier molecular flexibility index (Phi) is 2.31. The molecule has 0 N–H and O–H groups in total. The molecule has 14 heavy (non-hydrogen) atoms. The fourth-order valence-electron chi connectivity index (χ4n) is 1.59. The average Bonchev–Trinajstić information content (AvgIpc) is 2.23. The monoisotopic (exact) mass is 191 g/mol. The normalized spacial score (nSPS) is 19.2. The summed E-state index contributed by atoms with van der Waals surface area (Å²) >= 11 is 0. The van der Waals surface area contributed by atoms with Crippen LogP contribution in [-0.4, -0.2) is 12.8 Å². The van der Waals surface area contributed by atoms with Gasteiger partial charge in [-0.05, 0) is 12.1 Å². The standard InChI is InChI=1S/C11H10FNO/c12-10-5-6-13(7-8-14)11-4-2-1-3-9(10)11/h1-6,8,10H,7H2. The molecule has 0 saturated carbocycles. The summed E-state index contributed by atoms with van der Waals surface area (Å²) in [5.74, 6) is 0. The lowest BCUT2D eigenvalue weighted by molar-refractivity contribution is -0.106. The van der Waals surface area contributed by atoms with Crippen LogP contribution in [0.5, 0.6) is 0 Å². The zero-order valence-electron chi connectivity index (χ0n) is 7.56. The number of carbonyl (C=O) groups is 1. The molecule has 1 aliphatic rings. The Hall–Kier alpha value is -1.64. The number of hydrogen-bond acceptors (Lipinski definition) is 2. The molecule has 0 spiro atoms. The Morgan fingerprint density at radius 3 is 3.00 bits per heavy atom. The van der Waals surface area contributed by atoms with E-state index in [9.17, 15) is 9.18 Å². The molecule has 1 aliphatic heterocycles. The molecule has 0 bridgehead atoms. The van der Waals surface area contributed by atoms with Crippen LogP contribution in [-0.2, 0) is 4.79 Å². The molecular formula is C11H10FNO. The van der Waals surface area contributed by atoms with Crippen LogP contribution in [0.3, 0.4) is 0 Å². The summed E-state index contributed by atoms with van der Waals surface area (Å²) in [6.45, 7) is 0.264. The molecular weight excluding hydrogens is 181 g/mol. The summed E-state index contributed by atoms with van der Waals surface area (Å²) in [6.07, 6.45) is 2.81. The molecule has 72 valence electrons. The first-order valence-corrected chi connectivity index (χ1v) is 4.44. The van der Waals surface area contributed by atoms with Crippen LogP contribution in [0.1, 0.15) is 11.7 Å². The van der Waals surface area contributed by atoms with Crippen molar-refractivity contribution in [2.24, 2.45) is 0 Å². The fraction of sp³-hybridized carbons (Fsp3) is 0.182. The van der Waals surface area contributed by atoms with Crippen molar-refractivity contribution in [3.05, 3.63) is 42.1 Å². The number of hydrogen-bond donors (Lipinski definition) is 0. The van der Waals surface area contributed by atoms with Crippen molar-refractivity contribution in [1.29, 1.82) is 0 Å². The summed E-state index contributed by atoms with van der Waals surface area (Å²) in [6, 6.07) is 7.18. The van der Waals surface area contributed by atoms with E-state index in [-0.39, 0.29) is 6.54 Å². The Labute approximate surface area is 81.6 Å². The van der Waals surface area contributed by atoms with Crippen molar-refractivity contribution in [2.75, 3.05) is 11.4 Å². The highest BCUT2D eigenvalue weighted by Gasteiger charge is 2.18. The number of anilines is 1. The maximum Gasteiger partial charge on any atom is 0.147 e. The Balaban J connectivity index is 2.41. The fourth-order valence-corrected chi connectivity index (χ4v) is 1.59. The number of carbonyl (C=O) groups excluding carboxylic acids is 1. The summed E-state index contributed by atoms with van der Waals surface area (Å²) in [5.41, 5.74) is 1.39. The topological polar surface area (TPSA) is 20.3 Å². The number of fused-ring (bicyclic) bond motifs is 1. The molecule has 0 radical (unpaired) electrons. The lowest BCUT2D eigenvalue weighted by Gasteiger charge is -2.25. The van der Waals surface area contributed by atoms with Gasteiger partial charge in [0.15, 0.2) is 0 Å². The lowest BCUT2D eigenvalue weighted by Crippen LogP contribution is -2.22. The van der Waals surface area contributed by atoms with Crippen molar-refractivity contribution >= 4 is 12.0 Å². The second kappa shape index (κ2) is 3.62. The second-order valence-corrected chi connectivity index (χ2v) is 3.12. The largest absolute Gasteiger partial charge is 0.341 e. The van der Waals surface area contributed by atoms with Gasteiger partial charge in [0.1, 0.15) is 12.5 Å². The van der Waals surface area contributed by atoms with E-state index >= 15 is 0 Å². The molecule has 2 nitrogen and oxygen atoms in total. The van der Waals surface area contributed by atoms with Crippen LogP contribution in [0.25, 0.3) is 0 Å². The lowest BCUT2D eigenvalue weighted by atomic mass is 10.0. The van der Waals surface area contributed by atoms with Crippen molar-refractivity contribution < 1.29 is 9.18 Å². The van der Waals surface area contributed by atoms with Gasteiger partial charge in [-0.1, -0.05) is 18.2 Å². The number of nitrogens with zero attached hydrogens (tertiary/aromatic N) is 1. The molecule has 1 aromatic rings. The molecule has 0 amide bonds. The highest BCUT2D eigenvalue weighted by molar-refractivity contribution is 5.67. The Morgan fingerprint density at radius 2 is 2.21 bits per heavy atom. The van der Waals surface area contributed by atoms with Crippen LogP contribution in [0, 0.1) is 0 Å². The van der Waals surface area contributed by atoms with Crippen LogP contribution in [0.15, 0.2) is 36.5 Å². The van der Waals surface area contributed by atoms with E-state index in [0.717, 1.165) is 12.0 Å². The van der Waals surface area contributed by atoms with Gasteiger partial charge in [0.25, 0.3) is 0 Å². The van der Waals surface area contributed by atoms with Gasteiger partial charge in [-0.15, -0.1) is 0 Å². The van der Waals surface area contributed by atoms with Gasteiger partial charge in [-0.3, -0.25) is 0 Å². The SMILES string of the molecule is O=CCN1C=CC(F)c2ccccc21. The van der Waals surface area contributed by atoms with Gasteiger partial charge in [0.05, 0.1) is 6.54 Å². The number of aldehydes is 1. The number of para-hydroxylation sites is 1. The first-order valence-electron chi connectivity index (χ1n) is 4.44. The van der Waals surface area contributed by atoms with Crippen LogP contribution in [0.2, 0.25) is 0 Å². The second-order valence-electron chi connectivity index (χ2n) is 3.12. The Bertz CT molecular complexity index is 375. The molecule has 1 atom stereocenters. The van der Waals surface area contributed by atoms with Crippen LogP contribution in [0.4, 0.5) is 10.1 Å². The van der Waals surface area contributed by atoms with E-state index in [1.54, 1.807) is 23.2 Å². The quantitative estimate of drug-likeness (QED) is 0.668. The third kappa shape index (κ3) is 1.41. The van der Waals surface area contributed by atoms with Gasteiger partial charge in [0.2, 0.25) is 0 Å². The predicted octanol–water partition coefficient (Wildman–Crippen LogP) is 2.23. The third-order valence-corrected chi connectivity index (χ3v) is 2.25. The summed E-state index contributed by atoms with van der Waals surface area (Å²) in [5, 5.41) is 0. The van der Waals surface area contributed by atoms with Gasteiger partial charge in [0, 0.05) is 17.5 Å². The first kappa shape index (κ1) is 8.94. The van der Waals surface area contributed by atoms with Crippen molar-refractivity contribution in [2.45, 2.75) is 6.17 Å². The number of allylic oxidation sites excluding steroid dienone is 1. The van der Waals surface area contributed by atoms with E-state index in [0.29, 0.717) is 5.56 Å². The highest BCUT2D eigenvalue weighted by Crippen LogP contribution is 2.33. The maximum atomic E-state index is 13.4. The van der Waals surface area contributed by atoms with E-state index < -0.39 is 6.17 Å². The van der Waals surface area contributed by atoms with Gasteiger partial charge < -0.3 is 9.69 Å². The minimum atomic E-state index is -1.06. The van der Waals surface area contributed by atoms with E-state index in [2.05, 4.69) is 0 Å². The van der Waals surface area contributed by atoms with Gasteiger partial charge in [-0.25, -0.2) is 4.39 Å². The van der Waals surface area contributed by atoms with E-state index in [4.69, 9.17) is 0 Å². The smallest absolute Gasteiger partial charge is 0.147 e. The first-order chi connectivity index (χ1) is 6.83. The predicted molar refractivity (Wildman–Crippen MR) is 52.8 cm³/mol. The zero-order valence-corrected chi connectivity index (χ0v) is 7.56. The molecule has 1 unspecified atom stereocenters. The average molecular weight is 191 g/mol. The molecule has 1 heterocycles. The van der Waals surface area contributed by atoms with Crippen molar-refractivity contribution in [3.63, 3.8) is 0 Å². The van der Waals surface area contributed by atoms with Gasteiger partial charge >= 0.3 is 0 Å². The number of alkyl halides is 1. The van der Waals surface area contributed by atoms with E-state index in [1.807, 2.05) is 12.1 Å². The summed E-state index contributed by atoms with van der Waals surface area (Å²) < 4.78 is 13.4. The molecule has 0 aromatic heterocycles. The minimum absolute atomic E-state index is 0.264. The number of benzene rings is 1. The minimum Gasteiger partial charge on any atom is -0.341 e. The third-order valence-electron chi connectivity index (χ3n) is 2.25. The van der Waals surface area contributed by atoms with Crippen LogP contribution < -0.4 is 4.90 Å². The molecule has 1 aromatic carbocycles. The molecule has 0 fully saturated rings. The number of halogens is 1. The van der Waals surface area contributed by atoms with Crippen LogP contribution >= 0.6 is 0 Å². The molecule has 0 saturated heterocycles. The van der Waals surface area contributed by atoms with Crippen molar-refractivity contribution in [3.8, 4) is 0 Å². The maximum absolute atomic E-state index is 13.4. The molecule has 2 rings (SSSR count). The summed E-state index contributed by atoms with van der Waals surface area (Å²) in [7, 11) is 0. The zero-order chi connectivity index (χ0) is 9.97. The molecule has 3 heteroatoms. The Morgan fingerprint density at radius 1 is 1.43 bits per heavy atom. The highest BCUT2D eigenvalue weighted by atomic mass is 19.1. The van der Waals surface area contributed by atoms with Gasteiger partial charge in [-0.2, -0.15) is 0 Å².